The van der Waals surface area contributed by atoms with Crippen LogP contribution in [0.3, 0.4) is 0 Å². The van der Waals surface area contributed by atoms with Crippen LogP contribution in [-0.2, 0) is 4.74 Å². The first-order valence-corrected chi connectivity index (χ1v) is 5.96. The zero-order valence-electron chi connectivity index (χ0n) is 10.7. The predicted molar refractivity (Wildman–Crippen MR) is 58.9 cm³/mol. The zero-order valence-corrected chi connectivity index (χ0v) is 10.7. The molecule has 0 saturated heterocycles. The predicted octanol–water partition coefficient (Wildman–Crippen LogP) is 2.90. The van der Waals surface area contributed by atoms with Gasteiger partial charge in [0.25, 0.3) is 5.92 Å². The molecule has 3 nitrogen and oxygen atoms in total. The van der Waals surface area contributed by atoms with Crippen molar-refractivity contribution in [3.05, 3.63) is 0 Å². The molecule has 0 heterocycles. The van der Waals surface area contributed by atoms with E-state index in [1.807, 2.05) is 0 Å². The highest BCUT2D eigenvalue weighted by Gasteiger charge is 2.72. The van der Waals surface area contributed by atoms with Crippen LogP contribution < -0.4 is 0 Å². The van der Waals surface area contributed by atoms with Crippen molar-refractivity contribution in [2.75, 3.05) is 7.05 Å². The Morgan fingerprint density at radius 3 is 2.18 bits per heavy atom. The molecular weight excluding hydrogens is 228 g/mol. The molecule has 2 saturated carbocycles. The van der Waals surface area contributed by atoms with Gasteiger partial charge >= 0.3 is 6.09 Å². The largest absolute Gasteiger partial charge is 0.444 e. The minimum Gasteiger partial charge on any atom is -0.444 e. The van der Waals surface area contributed by atoms with E-state index in [-0.39, 0.29) is 6.04 Å². The molecule has 1 amide bonds. The van der Waals surface area contributed by atoms with Crippen molar-refractivity contribution in [2.24, 2.45) is 11.8 Å². The molecule has 0 aromatic rings. The lowest BCUT2D eigenvalue weighted by Crippen LogP contribution is -2.40. The Morgan fingerprint density at radius 1 is 1.29 bits per heavy atom. The van der Waals surface area contributed by atoms with E-state index in [9.17, 15) is 13.6 Å². The van der Waals surface area contributed by atoms with E-state index in [2.05, 4.69) is 0 Å². The van der Waals surface area contributed by atoms with Crippen LogP contribution in [0.1, 0.15) is 33.6 Å². The molecule has 0 aromatic carbocycles. The number of nitrogens with zero attached hydrogens (tertiary/aromatic N) is 1. The number of fused-ring (bicyclic) bond motifs is 1. The Kier molecular flexibility index (Phi) is 2.64. The molecule has 5 heteroatoms. The zero-order chi connectivity index (χ0) is 13.0. The molecular formula is C12H19F2NO2. The van der Waals surface area contributed by atoms with E-state index < -0.39 is 29.5 Å². The summed E-state index contributed by atoms with van der Waals surface area (Å²) in [6, 6.07) is -0.0977. The van der Waals surface area contributed by atoms with Gasteiger partial charge in [-0.05, 0) is 33.6 Å². The molecule has 0 aliphatic heterocycles. The van der Waals surface area contributed by atoms with Gasteiger partial charge in [0.05, 0.1) is 0 Å². The van der Waals surface area contributed by atoms with Crippen molar-refractivity contribution >= 4 is 6.09 Å². The van der Waals surface area contributed by atoms with Crippen molar-refractivity contribution in [1.82, 2.24) is 4.90 Å². The van der Waals surface area contributed by atoms with Crippen LogP contribution in [0, 0.1) is 11.8 Å². The maximum absolute atomic E-state index is 13.0. The molecule has 0 bridgehead atoms. The van der Waals surface area contributed by atoms with Crippen LogP contribution in [-0.4, -0.2) is 35.6 Å². The summed E-state index contributed by atoms with van der Waals surface area (Å²) in [4.78, 5) is 13.2. The molecule has 0 aromatic heterocycles. The minimum atomic E-state index is -2.48. The van der Waals surface area contributed by atoms with Gasteiger partial charge in [-0.25, -0.2) is 13.6 Å². The average Bonchev–Trinajstić information content (AvgIpc) is 2.60. The fourth-order valence-corrected chi connectivity index (χ4v) is 2.59. The van der Waals surface area contributed by atoms with Gasteiger partial charge in [-0.3, -0.25) is 0 Å². The quantitative estimate of drug-likeness (QED) is 0.713. The number of alkyl halides is 2. The van der Waals surface area contributed by atoms with E-state index in [0.717, 1.165) is 0 Å². The van der Waals surface area contributed by atoms with Gasteiger partial charge < -0.3 is 9.64 Å². The highest BCUT2D eigenvalue weighted by atomic mass is 19.3. The second kappa shape index (κ2) is 3.56. The molecule has 0 N–H and O–H groups in total. The molecule has 2 unspecified atom stereocenters. The molecule has 2 aliphatic rings. The van der Waals surface area contributed by atoms with Gasteiger partial charge in [0.2, 0.25) is 0 Å². The fraction of sp³-hybridized carbons (Fsp3) is 0.917. The summed E-state index contributed by atoms with van der Waals surface area (Å²) < 4.78 is 31.2. The first kappa shape index (κ1) is 12.6. The summed E-state index contributed by atoms with van der Waals surface area (Å²) in [5, 5.41) is 0. The number of amides is 1. The Hall–Kier alpha value is -0.870. The van der Waals surface area contributed by atoms with Gasteiger partial charge in [-0.1, -0.05) is 0 Å². The highest BCUT2D eigenvalue weighted by molar-refractivity contribution is 5.68. The number of carbonyl (C=O) groups is 1. The molecule has 2 fully saturated rings. The van der Waals surface area contributed by atoms with E-state index in [1.54, 1.807) is 27.8 Å². The Balaban J connectivity index is 1.87. The van der Waals surface area contributed by atoms with Crippen LogP contribution >= 0.6 is 0 Å². The second-order valence-corrected chi connectivity index (χ2v) is 6.10. The minimum absolute atomic E-state index is 0.0977. The lowest BCUT2D eigenvalue weighted by atomic mass is 10.1. The first-order chi connectivity index (χ1) is 7.63. The van der Waals surface area contributed by atoms with Gasteiger partial charge in [-0.2, -0.15) is 0 Å². The third-order valence-electron chi connectivity index (χ3n) is 3.65. The summed E-state index contributed by atoms with van der Waals surface area (Å²) in [5.74, 6) is -3.51. The molecule has 0 spiro atoms. The fourth-order valence-electron chi connectivity index (χ4n) is 2.59. The summed E-state index contributed by atoms with van der Waals surface area (Å²) >= 11 is 0. The third kappa shape index (κ3) is 2.24. The van der Waals surface area contributed by atoms with Gasteiger partial charge in [-0.15, -0.1) is 0 Å². The maximum Gasteiger partial charge on any atom is 0.410 e. The first-order valence-electron chi connectivity index (χ1n) is 5.96. The normalized spacial score (nSPS) is 34.1. The monoisotopic (exact) mass is 247 g/mol. The van der Waals surface area contributed by atoms with Crippen LogP contribution in [0.25, 0.3) is 0 Å². The number of hydrogen-bond donors (Lipinski definition) is 0. The number of halogens is 2. The van der Waals surface area contributed by atoms with Crippen molar-refractivity contribution < 1.29 is 18.3 Å². The SMILES string of the molecule is CN(C(=O)OC(C)(C)C)C1CC2C(C1)C2(F)F. The molecule has 17 heavy (non-hydrogen) atoms. The lowest BCUT2D eigenvalue weighted by molar-refractivity contribution is 0.0128. The molecule has 2 rings (SSSR count). The smallest absolute Gasteiger partial charge is 0.410 e. The molecule has 98 valence electrons. The van der Waals surface area contributed by atoms with Crippen LogP contribution in [0.15, 0.2) is 0 Å². The summed E-state index contributed by atoms with van der Waals surface area (Å²) in [6.45, 7) is 5.37. The summed E-state index contributed by atoms with van der Waals surface area (Å²) in [6.07, 6.45) is 0.369. The highest BCUT2D eigenvalue weighted by Crippen LogP contribution is 2.64. The Morgan fingerprint density at radius 2 is 1.76 bits per heavy atom. The molecule has 2 aliphatic carbocycles. The van der Waals surface area contributed by atoms with Crippen LogP contribution in [0.2, 0.25) is 0 Å². The molecule has 2 atom stereocenters. The van der Waals surface area contributed by atoms with Crippen LogP contribution in [0.5, 0.6) is 0 Å². The van der Waals surface area contributed by atoms with Gasteiger partial charge in [0.1, 0.15) is 5.60 Å². The maximum atomic E-state index is 13.0. The van der Waals surface area contributed by atoms with Crippen molar-refractivity contribution in [3.63, 3.8) is 0 Å². The second-order valence-electron chi connectivity index (χ2n) is 6.10. The van der Waals surface area contributed by atoms with E-state index >= 15 is 0 Å². The summed E-state index contributed by atoms with van der Waals surface area (Å²) in [5.41, 5.74) is -0.545. The summed E-state index contributed by atoms with van der Waals surface area (Å²) in [7, 11) is 1.63. The average molecular weight is 247 g/mol. The van der Waals surface area contributed by atoms with Gasteiger partial charge in [0, 0.05) is 24.9 Å². The standard InChI is InChI=1S/C12H19F2NO2/c1-11(2,3)17-10(16)15(4)7-5-8-9(6-7)12(8,13)14/h7-9H,5-6H2,1-4H3. The topological polar surface area (TPSA) is 29.5 Å². The number of rotatable bonds is 1. The van der Waals surface area contributed by atoms with Crippen molar-refractivity contribution in [1.29, 1.82) is 0 Å². The van der Waals surface area contributed by atoms with E-state index in [4.69, 9.17) is 4.74 Å². The number of carbonyl (C=O) groups excluding carboxylic acids is 1. The Bertz CT molecular complexity index is 324. The van der Waals surface area contributed by atoms with Gasteiger partial charge in [0.15, 0.2) is 0 Å². The number of ether oxygens (including phenoxy) is 1. The Labute approximate surface area is 100 Å². The third-order valence-corrected chi connectivity index (χ3v) is 3.65. The van der Waals surface area contributed by atoms with E-state index in [1.165, 1.54) is 4.90 Å². The molecule has 0 radical (unpaired) electrons. The van der Waals surface area contributed by atoms with Crippen molar-refractivity contribution in [3.8, 4) is 0 Å². The van der Waals surface area contributed by atoms with Crippen molar-refractivity contribution in [2.45, 2.75) is 51.2 Å². The number of hydrogen-bond acceptors (Lipinski definition) is 2. The van der Waals surface area contributed by atoms with Crippen LogP contribution in [0.4, 0.5) is 13.6 Å². The lowest BCUT2D eigenvalue weighted by Gasteiger charge is -2.29. The van der Waals surface area contributed by atoms with E-state index in [0.29, 0.717) is 12.8 Å².